The topological polar surface area (TPSA) is 131 Å². The lowest BCUT2D eigenvalue weighted by molar-refractivity contribution is 0.0526. The molecular weight excluding hydrogens is 676 g/mol. The van der Waals surface area contributed by atoms with E-state index in [4.69, 9.17) is 15.5 Å². The van der Waals surface area contributed by atoms with Gasteiger partial charge >= 0.3 is 5.97 Å². The van der Waals surface area contributed by atoms with Crippen molar-refractivity contribution in [2.45, 2.75) is 26.7 Å². The first-order valence-corrected chi connectivity index (χ1v) is 17.7. The van der Waals surface area contributed by atoms with Crippen LogP contribution in [0.15, 0.2) is 90.2 Å². The number of nitrogens with two attached hydrogens (primary N) is 1. The van der Waals surface area contributed by atoms with Gasteiger partial charge in [0.1, 0.15) is 18.5 Å². The van der Waals surface area contributed by atoms with Gasteiger partial charge in [-0.2, -0.15) is 0 Å². The van der Waals surface area contributed by atoms with Crippen molar-refractivity contribution >= 4 is 62.3 Å². The number of nitrogen functional groups attached to an aromatic ring is 1. The Kier molecular flexibility index (Phi) is 9.73. The summed E-state index contributed by atoms with van der Waals surface area (Å²) >= 11 is 2.26. The Morgan fingerprint density at radius 2 is 1.74 bits per heavy atom. The van der Waals surface area contributed by atoms with Gasteiger partial charge in [0.05, 0.1) is 35.1 Å². The number of para-hydroxylation sites is 1. The highest BCUT2D eigenvalue weighted by molar-refractivity contribution is 14.2. The quantitative estimate of drug-likeness (QED) is 0.115. The second-order valence-corrected chi connectivity index (χ2v) is 11.5. The fraction of sp³-hybridized carbons (Fsp3) is 0.161. The summed E-state index contributed by atoms with van der Waals surface area (Å²) < 4.78 is 8.71. The Hall–Kier alpha value is -4.22. The van der Waals surface area contributed by atoms with Crippen molar-refractivity contribution in [2.75, 3.05) is 12.3 Å². The van der Waals surface area contributed by atoms with E-state index >= 15 is 0 Å². The Labute approximate surface area is 262 Å². The molecule has 43 heavy (non-hydrogen) atoms. The van der Waals surface area contributed by atoms with E-state index in [-0.39, 0.29) is 11.5 Å². The smallest absolute Gasteiger partial charge is 0.338 e. The number of esters is 1. The molecule has 0 amide bonds. The van der Waals surface area contributed by atoms with E-state index in [1.54, 1.807) is 30.0 Å². The van der Waals surface area contributed by atoms with Gasteiger partial charge in [-0.15, -0.1) is 0 Å². The molecule has 3 aromatic carbocycles. The molecule has 0 spiro atoms. The van der Waals surface area contributed by atoms with Crippen molar-refractivity contribution in [2.24, 2.45) is 0 Å². The van der Waals surface area contributed by atoms with Crippen LogP contribution in [0.5, 0.6) is 0 Å². The average molecular weight is 705 g/mol. The highest BCUT2D eigenvalue weighted by atomic mass is 127. The third-order valence-electron chi connectivity index (χ3n) is 6.61. The summed E-state index contributed by atoms with van der Waals surface area (Å²) in [4.78, 5) is 42.6. The SMILES string of the molecule is CCCc1nc2cccc(-c3ccc(C(=O)OCC)cc3)c2c(=O)n1-c1ccccc1.Nc1ncnc2c1ncn2PI. The number of rotatable bonds is 7. The largest absolute Gasteiger partial charge is 0.462 e. The maximum atomic E-state index is 13.7. The lowest BCUT2D eigenvalue weighted by Gasteiger charge is -2.15. The summed E-state index contributed by atoms with van der Waals surface area (Å²) in [6, 6.07) is 22.4. The van der Waals surface area contributed by atoms with Crippen LogP contribution in [-0.2, 0) is 11.2 Å². The minimum atomic E-state index is -0.357. The molecular formula is C31H29IN7O3P. The minimum Gasteiger partial charge on any atom is -0.462 e. The van der Waals surface area contributed by atoms with Crippen LogP contribution in [0.25, 0.3) is 38.9 Å². The first-order chi connectivity index (χ1) is 21.0. The normalized spacial score (nSPS) is 11.1. The Morgan fingerprint density at radius 1 is 0.977 bits per heavy atom. The summed E-state index contributed by atoms with van der Waals surface area (Å²) in [7, 11) is 0. The fourth-order valence-corrected chi connectivity index (χ4v) is 6.07. The average Bonchev–Trinajstić information content (AvgIpc) is 3.47. The number of nitrogens with zero attached hydrogens (tertiary/aromatic N) is 6. The molecule has 0 aliphatic heterocycles. The summed E-state index contributed by atoms with van der Waals surface area (Å²) in [6.45, 7) is 4.18. The maximum absolute atomic E-state index is 13.7. The van der Waals surface area contributed by atoms with Crippen LogP contribution >= 0.6 is 28.4 Å². The molecule has 12 heteroatoms. The highest BCUT2D eigenvalue weighted by Crippen LogP contribution is 2.29. The molecule has 1 atom stereocenters. The van der Waals surface area contributed by atoms with Gasteiger partial charge in [-0.1, -0.05) is 49.4 Å². The van der Waals surface area contributed by atoms with E-state index in [9.17, 15) is 9.59 Å². The summed E-state index contributed by atoms with van der Waals surface area (Å²) in [5.41, 5.74) is 10.6. The minimum absolute atomic E-state index is 0.0929. The Balaban J connectivity index is 0.000000255. The first-order valence-electron chi connectivity index (χ1n) is 13.6. The van der Waals surface area contributed by atoms with Crippen molar-refractivity contribution in [3.05, 3.63) is 107 Å². The molecule has 6 rings (SSSR count). The number of anilines is 1. The molecule has 3 aromatic heterocycles. The van der Waals surface area contributed by atoms with Crippen LogP contribution in [0.2, 0.25) is 0 Å². The standard InChI is InChI=1S/C26H24N2O3.C5H5IN5P/c1-3-9-23-27-22-13-8-12-21(18-14-16-19(17-15-18)26(30)31-4-2)24(22)25(29)28(23)20-10-6-5-7-11-20;6-12-11-2-10-3-4(7)8-1-9-5(3)11/h5-8,10-17H,3-4,9H2,1-2H3;1-2,12H,(H2,7,8,9). The van der Waals surface area contributed by atoms with Crippen molar-refractivity contribution in [3.63, 3.8) is 0 Å². The van der Waals surface area contributed by atoms with E-state index in [0.717, 1.165) is 34.7 Å². The second-order valence-electron chi connectivity index (χ2n) is 9.38. The second kappa shape index (κ2) is 13.8. The van der Waals surface area contributed by atoms with Crippen molar-refractivity contribution < 1.29 is 9.53 Å². The number of benzene rings is 3. The van der Waals surface area contributed by atoms with E-state index < -0.39 is 0 Å². The van der Waals surface area contributed by atoms with Gasteiger partial charge in [0.15, 0.2) is 17.0 Å². The molecule has 0 radical (unpaired) electrons. The molecule has 6 aromatic rings. The third kappa shape index (κ3) is 6.42. The molecule has 0 aliphatic carbocycles. The van der Waals surface area contributed by atoms with Gasteiger partial charge in [-0.3, -0.25) is 13.7 Å². The van der Waals surface area contributed by atoms with Crippen LogP contribution in [0, 0.1) is 0 Å². The molecule has 0 aliphatic rings. The zero-order valence-corrected chi connectivity index (χ0v) is 26.7. The summed E-state index contributed by atoms with van der Waals surface area (Å²) in [5.74, 6) is 0.832. The maximum Gasteiger partial charge on any atom is 0.338 e. The number of carbonyl (C=O) groups excluding carboxylic acids is 1. The lowest BCUT2D eigenvalue weighted by atomic mass is 10.00. The number of hydrogen-bond donors (Lipinski definition) is 1. The number of aromatic nitrogens is 6. The zero-order valence-electron chi connectivity index (χ0n) is 23.6. The van der Waals surface area contributed by atoms with Gasteiger partial charge in [0, 0.05) is 6.42 Å². The number of ether oxygens (including phenoxy) is 1. The molecule has 2 N–H and O–H groups in total. The molecule has 3 heterocycles. The fourth-order valence-electron chi connectivity index (χ4n) is 4.67. The van der Waals surface area contributed by atoms with Crippen LogP contribution in [-0.4, -0.2) is 41.4 Å². The van der Waals surface area contributed by atoms with Crippen molar-refractivity contribution in [1.29, 1.82) is 0 Å². The third-order valence-corrected chi connectivity index (χ3v) is 8.68. The highest BCUT2D eigenvalue weighted by Gasteiger charge is 2.16. The monoisotopic (exact) mass is 705 g/mol. The van der Waals surface area contributed by atoms with E-state index in [1.165, 1.54) is 6.33 Å². The van der Waals surface area contributed by atoms with Crippen LogP contribution < -0.4 is 11.3 Å². The first kappa shape index (κ1) is 30.2. The van der Waals surface area contributed by atoms with Crippen molar-refractivity contribution in [1.82, 2.24) is 28.8 Å². The predicted octanol–water partition coefficient (Wildman–Crippen LogP) is 6.38. The number of hydrogen-bond acceptors (Lipinski definition) is 8. The van der Waals surface area contributed by atoms with Gasteiger partial charge in [-0.05, 0) is 76.8 Å². The van der Waals surface area contributed by atoms with E-state index in [0.29, 0.717) is 47.2 Å². The van der Waals surface area contributed by atoms with Crippen LogP contribution in [0.4, 0.5) is 5.82 Å². The van der Waals surface area contributed by atoms with E-state index in [2.05, 4.69) is 43.9 Å². The van der Waals surface area contributed by atoms with E-state index in [1.807, 2.05) is 65.0 Å². The summed E-state index contributed by atoms with van der Waals surface area (Å²) in [6.07, 6.45) is 5.35. The van der Waals surface area contributed by atoms with Crippen molar-refractivity contribution in [3.8, 4) is 16.8 Å². The molecule has 0 fully saturated rings. The van der Waals surface area contributed by atoms with Gasteiger partial charge in [-0.25, -0.2) is 24.7 Å². The molecule has 10 nitrogen and oxygen atoms in total. The Bertz CT molecular complexity index is 1940. The molecule has 0 saturated carbocycles. The van der Waals surface area contributed by atoms with Gasteiger partial charge in [0.2, 0.25) is 0 Å². The van der Waals surface area contributed by atoms with Gasteiger partial charge in [0.25, 0.3) is 5.56 Å². The lowest BCUT2D eigenvalue weighted by Crippen LogP contribution is -2.24. The molecule has 218 valence electrons. The number of fused-ring (bicyclic) bond motifs is 2. The number of aryl methyl sites for hydroxylation is 1. The number of halogens is 1. The number of imidazole rings is 1. The van der Waals surface area contributed by atoms with Crippen LogP contribution in [0.3, 0.4) is 0 Å². The number of carbonyl (C=O) groups is 1. The van der Waals surface area contributed by atoms with Crippen LogP contribution in [0.1, 0.15) is 36.5 Å². The molecule has 0 saturated heterocycles. The molecule has 1 unspecified atom stereocenters. The predicted molar refractivity (Wildman–Crippen MR) is 180 cm³/mol. The van der Waals surface area contributed by atoms with Gasteiger partial charge < -0.3 is 10.5 Å². The zero-order chi connectivity index (χ0) is 30.3. The summed E-state index contributed by atoms with van der Waals surface area (Å²) in [5, 5.41) is 0.565. The Morgan fingerprint density at radius 3 is 2.44 bits per heavy atom. The molecule has 0 bridgehead atoms.